The third-order valence-corrected chi connectivity index (χ3v) is 4.77. The summed E-state index contributed by atoms with van der Waals surface area (Å²) in [5, 5.41) is 3.74. The van der Waals surface area contributed by atoms with Crippen LogP contribution in [0.1, 0.15) is 47.5 Å². The van der Waals surface area contributed by atoms with Gasteiger partial charge in [0.15, 0.2) is 0 Å². The highest BCUT2D eigenvalue weighted by atomic mass is 16.5. The van der Waals surface area contributed by atoms with Crippen molar-refractivity contribution in [1.82, 2.24) is 10.2 Å². The van der Waals surface area contributed by atoms with Crippen LogP contribution in [0.15, 0.2) is 0 Å². The fourth-order valence-electron chi connectivity index (χ4n) is 4.23. The van der Waals surface area contributed by atoms with E-state index in [4.69, 9.17) is 4.74 Å². The van der Waals surface area contributed by atoms with Crippen LogP contribution in [-0.2, 0) is 4.74 Å². The minimum atomic E-state index is 0.0117. The number of ether oxygens (including phenoxy) is 1. The zero-order valence-electron chi connectivity index (χ0n) is 13.4. The van der Waals surface area contributed by atoms with E-state index in [1.165, 1.54) is 12.8 Å². The molecule has 19 heavy (non-hydrogen) atoms. The van der Waals surface area contributed by atoms with E-state index in [2.05, 4.69) is 44.8 Å². The number of hydrogen-bond donors (Lipinski definition) is 1. The van der Waals surface area contributed by atoms with Gasteiger partial charge in [-0.1, -0.05) is 20.8 Å². The molecule has 3 nitrogen and oxygen atoms in total. The Balaban J connectivity index is 2.09. The van der Waals surface area contributed by atoms with Crippen molar-refractivity contribution in [2.75, 3.05) is 26.2 Å². The summed E-state index contributed by atoms with van der Waals surface area (Å²) in [6.45, 7) is 15.6. The second-order valence-electron chi connectivity index (χ2n) is 7.29. The Kier molecular flexibility index (Phi) is 4.91. The maximum absolute atomic E-state index is 5.88. The Morgan fingerprint density at radius 2 is 2.00 bits per heavy atom. The molecule has 0 aromatic heterocycles. The van der Waals surface area contributed by atoms with E-state index < -0.39 is 0 Å². The molecule has 0 radical (unpaired) electrons. The van der Waals surface area contributed by atoms with Crippen molar-refractivity contribution in [3.63, 3.8) is 0 Å². The van der Waals surface area contributed by atoms with Crippen molar-refractivity contribution in [1.29, 1.82) is 0 Å². The van der Waals surface area contributed by atoms with Gasteiger partial charge in [-0.25, -0.2) is 0 Å². The van der Waals surface area contributed by atoms with Crippen molar-refractivity contribution in [3.8, 4) is 0 Å². The van der Waals surface area contributed by atoms with E-state index in [0.717, 1.165) is 38.1 Å². The maximum atomic E-state index is 5.88. The van der Waals surface area contributed by atoms with E-state index in [-0.39, 0.29) is 5.60 Å². The second kappa shape index (κ2) is 6.11. The monoisotopic (exact) mass is 268 g/mol. The third kappa shape index (κ3) is 3.71. The summed E-state index contributed by atoms with van der Waals surface area (Å²) in [5.74, 6) is 1.63. The van der Waals surface area contributed by atoms with Gasteiger partial charge in [0.2, 0.25) is 0 Å². The average Bonchev–Trinajstić information content (AvgIpc) is 2.26. The highest BCUT2D eigenvalue weighted by molar-refractivity contribution is 4.96. The van der Waals surface area contributed by atoms with Gasteiger partial charge in [0.1, 0.15) is 0 Å². The van der Waals surface area contributed by atoms with Crippen LogP contribution in [0.4, 0.5) is 0 Å². The quantitative estimate of drug-likeness (QED) is 0.851. The number of nitrogens with one attached hydrogen (secondary N) is 1. The minimum absolute atomic E-state index is 0.0117. The van der Waals surface area contributed by atoms with Crippen molar-refractivity contribution < 1.29 is 4.74 Å². The lowest BCUT2D eigenvalue weighted by Gasteiger charge is -2.50. The highest BCUT2D eigenvalue weighted by Crippen LogP contribution is 2.34. The molecule has 4 atom stereocenters. The summed E-state index contributed by atoms with van der Waals surface area (Å²) in [6, 6.07) is 1.33. The van der Waals surface area contributed by atoms with E-state index >= 15 is 0 Å². The molecule has 1 aliphatic carbocycles. The predicted octanol–water partition coefficient (Wildman–Crippen LogP) is 2.51. The molecule has 1 saturated heterocycles. The summed E-state index contributed by atoms with van der Waals surface area (Å²) in [4.78, 5) is 2.69. The van der Waals surface area contributed by atoms with Crippen LogP contribution < -0.4 is 5.32 Å². The van der Waals surface area contributed by atoms with E-state index in [1.807, 2.05) is 0 Å². The zero-order chi connectivity index (χ0) is 14.0. The molecule has 0 bridgehead atoms. The molecule has 1 heterocycles. The summed E-state index contributed by atoms with van der Waals surface area (Å²) in [6.07, 6.45) is 2.69. The van der Waals surface area contributed by atoms with Crippen LogP contribution in [0.5, 0.6) is 0 Å². The fraction of sp³-hybridized carbons (Fsp3) is 1.00. The first-order valence-corrected chi connectivity index (χ1v) is 8.04. The first-order chi connectivity index (χ1) is 8.93. The topological polar surface area (TPSA) is 24.5 Å². The van der Waals surface area contributed by atoms with Gasteiger partial charge in [0.25, 0.3) is 0 Å². The summed E-state index contributed by atoms with van der Waals surface area (Å²) in [7, 11) is 0. The van der Waals surface area contributed by atoms with Gasteiger partial charge in [-0.15, -0.1) is 0 Å². The number of morpholine rings is 1. The van der Waals surface area contributed by atoms with Gasteiger partial charge < -0.3 is 10.1 Å². The van der Waals surface area contributed by atoms with Gasteiger partial charge in [-0.3, -0.25) is 4.90 Å². The van der Waals surface area contributed by atoms with Crippen molar-refractivity contribution in [2.45, 2.75) is 65.1 Å². The van der Waals surface area contributed by atoms with Crippen molar-refractivity contribution in [3.05, 3.63) is 0 Å². The van der Waals surface area contributed by atoms with Crippen LogP contribution in [0.3, 0.4) is 0 Å². The van der Waals surface area contributed by atoms with Gasteiger partial charge in [-0.2, -0.15) is 0 Å². The predicted molar refractivity (Wildman–Crippen MR) is 80.4 cm³/mol. The van der Waals surface area contributed by atoms with Gasteiger partial charge in [0, 0.05) is 25.2 Å². The van der Waals surface area contributed by atoms with Gasteiger partial charge in [-0.05, 0) is 45.1 Å². The molecule has 2 fully saturated rings. The van der Waals surface area contributed by atoms with Crippen molar-refractivity contribution in [2.24, 2.45) is 11.8 Å². The molecule has 1 N–H and O–H groups in total. The first-order valence-electron chi connectivity index (χ1n) is 8.04. The van der Waals surface area contributed by atoms with E-state index in [0.29, 0.717) is 12.1 Å². The maximum Gasteiger partial charge on any atom is 0.0753 e. The Bertz CT molecular complexity index is 292. The summed E-state index contributed by atoms with van der Waals surface area (Å²) in [5.41, 5.74) is 0.0117. The zero-order valence-corrected chi connectivity index (χ0v) is 13.4. The molecule has 0 spiro atoms. The smallest absolute Gasteiger partial charge is 0.0753 e. The molecule has 3 heteroatoms. The molecular formula is C16H32N2O. The first kappa shape index (κ1) is 15.3. The lowest BCUT2D eigenvalue weighted by atomic mass is 9.75. The van der Waals surface area contributed by atoms with Crippen LogP contribution >= 0.6 is 0 Å². The molecule has 1 aliphatic heterocycles. The van der Waals surface area contributed by atoms with Crippen LogP contribution in [0.2, 0.25) is 0 Å². The Morgan fingerprint density at radius 1 is 1.26 bits per heavy atom. The molecule has 1 saturated carbocycles. The van der Waals surface area contributed by atoms with Gasteiger partial charge in [0.05, 0.1) is 12.2 Å². The minimum Gasteiger partial charge on any atom is -0.373 e. The Hall–Kier alpha value is -0.120. The lowest BCUT2D eigenvalue weighted by molar-refractivity contribution is -0.111. The van der Waals surface area contributed by atoms with Crippen molar-refractivity contribution >= 4 is 0 Å². The molecule has 2 rings (SSSR count). The summed E-state index contributed by atoms with van der Waals surface area (Å²) < 4.78 is 5.88. The van der Waals surface area contributed by atoms with Crippen LogP contribution in [0.25, 0.3) is 0 Å². The number of nitrogens with zero attached hydrogens (tertiary/aromatic N) is 1. The van der Waals surface area contributed by atoms with Gasteiger partial charge >= 0.3 is 0 Å². The second-order valence-corrected chi connectivity index (χ2v) is 7.29. The highest BCUT2D eigenvalue weighted by Gasteiger charge is 2.40. The standard InChI is InChI=1S/C16H32N2O/c1-6-17-14-10-12(2)9-13(3)15(14)18-7-8-19-16(4,5)11-18/h12-15,17H,6-11H2,1-5H3. The van der Waals surface area contributed by atoms with E-state index in [9.17, 15) is 0 Å². The molecule has 0 amide bonds. The normalized spacial score (nSPS) is 40.3. The fourth-order valence-corrected chi connectivity index (χ4v) is 4.23. The van der Waals surface area contributed by atoms with E-state index in [1.54, 1.807) is 0 Å². The molecule has 2 aliphatic rings. The Morgan fingerprint density at radius 3 is 2.63 bits per heavy atom. The molecule has 112 valence electrons. The SMILES string of the molecule is CCNC1CC(C)CC(C)C1N1CCOC(C)(C)C1. The lowest BCUT2D eigenvalue weighted by Crippen LogP contribution is -2.61. The third-order valence-electron chi connectivity index (χ3n) is 4.77. The molecule has 4 unspecified atom stereocenters. The van der Waals surface area contributed by atoms with Crippen LogP contribution in [-0.4, -0.2) is 48.8 Å². The Labute approximate surface area is 119 Å². The molecule has 0 aromatic rings. The molecule has 0 aromatic carbocycles. The average molecular weight is 268 g/mol. The summed E-state index contributed by atoms with van der Waals surface area (Å²) >= 11 is 0. The number of hydrogen-bond acceptors (Lipinski definition) is 3. The number of likely N-dealkylation sites (N-methyl/N-ethyl adjacent to an activating group) is 1. The molecular weight excluding hydrogens is 236 g/mol. The number of rotatable bonds is 3. The van der Waals surface area contributed by atoms with Crippen LogP contribution in [0, 0.1) is 11.8 Å². The largest absolute Gasteiger partial charge is 0.373 e.